The Labute approximate surface area is 203 Å². The van der Waals surface area contributed by atoms with Crippen molar-refractivity contribution in [2.45, 2.75) is 19.5 Å². The zero-order valence-electron chi connectivity index (χ0n) is 19.9. The Morgan fingerprint density at radius 2 is 1.71 bits per heavy atom. The summed E-state index contributed by atoms with van der Waals surface area (Å²) >= 11 is 0. The summed E-state index contributed by atoms with van der Waals surface area (Å²) in [4.78, 5) is 15.0. The smallest absolute Gasteiger partial charge is 0.234 e. The summed E-state index contributed by atoms with van der Waals surface area (Å²) in [5.41, 5.74) is 5.29. The quantitative estimate of drug-likeness (QED) is 0.431. The van der Waals surface area contributed by atoms with Crippen LogP contribution in [-0.4, -0.2) is 42.7 Å². The average Bonchev–Trinajstić information content (AvgIpc) is 3.25. The Bertz CT molecular complexity index is 1360. The standard InChI is InChI=1S/C28H28FN3O3/c1-34-26-13-19-11-12-31(16-20(19)14-27(26)35-2)18-28(33)30-15-21-17-32(23-9-7-22(29)8-10-23)25-6-4-3-5-24(21)25/h3-10,13-14,17H,11-12,15-16,18H2,1-2H3,(H,30,33). The van der Waals surface area contributed by atoms with Crippen LogP contribution in [0.25, 0.3) is 16.6 Å². The molecule has 0 unspecified atom stereocenters. The first-order valence-corrected chi connectivity index (χ1v) is 11.6. The van der Waals surface area contributed by atoms with Gasteiger partial charge in [-0.15, -0.1) is 0 Å². The predicted octanol–water partition coefficient (Wildman–Crippen LogP) is 4.46. The second-order valence-corrected chi connectivity index (χ2v) is 8.73. The van der Waals surface area contributed by atoms with E-state index in [1.165, 1.54) is 17.7 Å². The molecule has 0 spiro atoms. The lowest BCUT2D eigenvalue weighted by molar-refractivity contribution is -0.122. The van der Waals surface area contributed by atoms with Crippen LogP contribution in [0.2, 0.25) is 0 Å². The first-order chi connectivity index (χ1) is 17.1. The molecule has 0 aliphatic carbocycles. The zero-order chi connectivity index (χ0) is 24.4. The second kappa shape index (κ2) is 9.80. The molecule has 0 bridgehead atoms. The van der Waals surface area contributed by atoms with Crippen molar-refractivity contribution in [3.63, 3.8) is 0 Å². The number of hydrogen-bond donors (Lipinski definition) is 1. The summed E-state index contributed by atoms with van der Waals surface area (Å²) in [6.45, 7) is 2.24. The molecule has 180 valence electrons. The monoisotopic (exact) mass is 473 g/mol. The van der Waals surface area contributed by atoms with E-state index in [9.17, 15) is 9.18 Å². The van der Waals surface area contributed by atoms with Crippen LogP contribution < -0.4 is 14.8 Å². The topological polar surface area (TPSA) is 55.7 Å². The fourth-order valence-electron chi connectivity index (χ4n) is 4.74. The van der Waals surface area contributed by atoms with Crippen molar-refractivity contribution in [3.8, 4) is 17.2 Å². The van der Waals surface area contributed by atoms with Crippen LogP contribution in [-0.2, 0) is 24.3 Å². The lowest BCUT2D eigenvalue weighted by atomic mass is 9.99. The summed E-state index contributed by atoms with van der Waals surface area (Å²) in [5, 5.41) is 4.14. The highest BCUT2D eigenvalue weighted by atomic mass is 19.1. The molecular weight excluding hydrogens is 445 g/mol. The minimum absolute atomic E-state index is 0.0208. The molecule has 3 aromatic carbocycles. The molecule has 2 heterocycles. The Hall–Kier alpha value is -3.84. The largest absolute Gasteiger partial charge is 0.493 e. The van der Waals surface area contributed by atoms with Gasteiger partial charge in [0.05, 0.1) is 26.3 Å². The maximum atomic E-state index is 13.4. The van der Waals surface area contributed by atoms with Crippen LogP contribution in [0.15, 0.2) is 66.9 Å². The fraction of sp³-hybridized carbons (Fsp3) is 0.250. The van der Waals surface area contributed by atoms with Gasteiger partial charge in [0.2, 0.25) is 5.91 Å². The van der Waals surface area contributed by atoms with Gasteiger partial charge < -0.3 is 19.4 Å². The SMILES string of the molecule is COc1cc2c(cc1OC)CN(CC(=O)NCc1cn(-c3ccc(F)cc3)c3ccccc13)CC2. The highest BCUT2D eigenvalue weighted by molar-refractivity contribution is 5.86. The van der Waals surface area contributed by atoms with Crippen molar-refractivity contribution in [2.24, 2.45) is 0 Å². The Morgan fingerprint density at radius 3 is 2.46 bits per heavy atom. The number of nitrogens with zero attached hydrogens (tertiary/aromatic N) is 2. The number of benzene rings is 3. The molecule has 0 fully saturated rings. The van der Waals surface area contributed by atoms with Crippen LogP contribution in [0, 0.1) is 5.82 Å². The van der Waals surface area contributed by atoms with Crippen molar-refractivity contribution in [1.29, 1.82) is 0 Å². The van der Waals surface area contributed by atoms with Crippen LogP contribution in [0.4, 0.5) is 4.39 Å². The van der Waals surface area contributed by atoms with Gasteiger partial charge in [0.15, 0.2) is 11.5 Å². The van der Waals surface area contributed by atoms with Crippen LogP contribution in [0.1, 0.15) is 16.7 Å². The Balaban J connectivity index is 1.27. The van der Waals surface area contributed by atoms with Gasteiger partial charge in [-0.2, -0.15) is 0 Å². The molecule has 0 radical (unpaired) electrons. The maximum absolute atomic E-state index is 13.4. The van der Waals surface area contributed by atoms with Crippen LogP contribution >= 0.6 is 0 Å². The summed E-state index contributed by atoms with van der Waals surface area (Å²) < 4.78 is 26.3. The number of hydrogen-bond acceptors (Lipinski definition) is 4. The van der Waals surface area contributed by atoms with Crippen molar-refractivity contribution in [2.75, 3.05) is 27.3 Å². The normalized spacial score (nSPS) is 13.5. The van der Waals surface area contributed by atoms with E-state index < -0.39 is 0 Å². The molecule has 7 heteroatoms. The van der Waals surface area contributed by atoms with Gasteiger partial charge in [0, 0.05) is 36.9 Å². The third-order valence-corrected chi connectivity index (χ3v) is 6.54. The van der Waals surface area contributed by atoms with Gasteiger partial charge in [-0.1, -0.05) is 18.2 Å². The van der Waals surface area contributed by atoms with Crippen molar-refractivity contribution in [3.05, 3.63) is 89.4 Å². The number of carbonyl (C=O) groups is 1. The van der Waals surface area contributed by atoms with Gasteiger partial charge in [-0.25, -0.2) is 4.39 Å². The number of fused-ring (bicyclic) bond motifs is 2. The predicted molar refractivity (Wildman–Crippen MR) is 134 cm³/mol. The van der Waals surface area contributed by atoms with E-state index in [0.29, 0.717) is 25.4 Å². The molecule has 4 aromatic rings. The zero-order valence-corrected chi connectivity index (χ0v) is 19.9. The second-order valence-electron chi connectivity index (χ2n) is 8.73. The van der Waals surface area contributed by atoms with E-state index in [1.54, 1.807) is 26.4 Å². The van der Waals surface area contributed by atoms with Crippen molar-refractivity contribution < 1.29 is 18.7 Å². The van der Waals surface area contributed by atoms with Gasteiger partial charge in [0.25, 0.3) is 0 Å². The number of nitrogens with one attached hydrogen (secondary N) is 1. The molecule has 5 rings (SSSR count). The summed E-state index contributed by atoms with van der Waals surface area (Å²) in [6.07, 6.45) is 2.86. The number of rotatable bonds is 7. The van der Waals surface area contributed by atoms with Gasteiger partial charge >= 0.3 is 0 Å². The van der Waals surface area contributed by atoms with Crippen LogP contribution in [0.5, 0.6) is 11.5 Å². The van der Waals surface area contributed by atoms with Crippen molar-refractivity contribution >= 4 is 16.8 Å². The van der Waals surface area contributed by atoms with Gasteiger partial charge in [-0.3, -0.25) is 9.69 Å². The average molecular weight is 474 g/mol. The highest BCUT2D eigenvalue weighted by Gasteiger charge is 2.21. The molecular formula is C28H28FN3O3. The molecule has 1 aromatic heterocycles. The number of amides is 1. The first-order valence-electron chi connectivity index (χ1n) is 11.6. The Morgan fingerprint density at radius 1 is 1.00 bits per heavy atom. The molecule has 0 saturated heterocycles. The molecule has 1 aliphatic heterocycles. The summed E-state index contributed by atoms with van der Waals surface area (Å²) in [5.74, 6) is 1.15. The van der Waals surface area contributed by atoms with Gasteiger partial charge in [0.1, 0.15) is 5.82 Å². The number of carbonyl (C=O) groups excluding carboxylic acids is 1. The van der Waals surface area contributed by atoms with E-state index in [2.05, 4.69) is 10.2 Å². The van der Waals surface area contributed by atoms with E-state index >= 15 is 0 Å². The number of halogens is 1. The van der Waals surface area contributed by atoms with E-state index in [-0.39, 0.29) is 11.7 Å². The third kappa shape index (κ3) is 4.72. The maximum Gasteiger partial charge on any atom is 0.234 e. The third-order valence-electron chi connectivity index (χ3n) is 6.54. The number of ether oxygens (including phenoxy) is 2. The van der Waals surface area contributed by atoms with Crippen LogP contribution in [0.3, 0.4) is 0 Å². The minimum atomic E-state index is -0.268. The molecule has 1 aliphatic rings. The molecule has 1 amide bonds. The lowest BCUT2D eigenvalue weighted by Crippen LogP contribution is -2.39. The molecule has 1 N–H and O–H groups in total. The molecule has 0 saturated carbocycles. The van der Waals surface area contributed by atoms with E-state index in [1.807, 2.05) is 47.2 Å². The number of aromatic nitrogens is 1. The summed E-state index contributed by atoms with van der Waals surface area (Å²) in [7, 11) is 3.27. The van der Waals surface area contributed by atoms with E-state index in [0.717, 1.165) is 46.4 Å². The Kier molecular flexibility index (Phi) is 6.42. The lowest BCUT2D eigenvalue weighted by Gasteiger charge is -2.29. The van der Waals surface area contributed by atoms with Crippen molar-refractivity contribution in [1.82, 2.24) is 14.8 Å². The summed E-state index contributed by atoms with van der Waals surface area (Å²) in [6, 6.07) is 18.5. The molecule has 35 heavy (non-hydrogen) atoms. The van der Waals surface area contributed by atoms with Gasteiger partial charge in [-0.05, 0) is 65.6 Å². The minimum Gasteiger partial charge on any atom is -0.493 e. The number of methoxy groups -OCH3 is 2. The fourth-order valence-corrected chi connectivity index (χ4v) is 4.74. The van der Waals surface area contributed by atoms with E-state index in [4.69, 9.17) is 9.47 Å². The highest BCUT2D eigenvalue weighted by Crippen LogP contribution is 2.33. The molecule has 6 nitrogen and oxygen atoms in total. The first kappa shape index (κ1) is 22.9. The number of para-hydroxylation sites is 1. The molecule has 0 atom stereocenters.